The second-order valence-electron chi connectivity index (χ2n) is 3.76. The highest BCUT2D eigenvalue weighted by Crippen LogP contribution is 2.10. The van der Waals surface area contributed by atoms with Crippen LogP contribution in [0.25, 0.3) is 11.5 Å². The molecule has 0 aliphatic heterocycles. The molecule has 2 aromatic rings. The van der Waals surface area contributed by atoms with E-state index in [0.717, 1.165) is 17.9 Å². The summed E-state index contributed by atoms with van der Waals surface area (Å²) in [6.07, 6.45) is 3.49. The normalized spacial score (nSPS) is 10.5. The van der Waals surface area contributed by atoms with Crippen LogP contribution in [0.5, 0.6) is 0 Å². The summed E-state index contributed by atoms with van der Waals surface area (Å²) in [6.45, 7) is 2.20. The average molecular weight is 244 g/mol. The second-order valence-corrected chi connectivity index (χ2v) is 3.76. The van der Waals surface area contributed by atoms with E-state index >= 15 is 0 Å². The van der Waals surface area contributed by atoms with Gasteiger partial charge in [-0.2, -0.15) is 0 Å². The van der Waals surface area contributed by atoms with E-state index in [1.54, 1.807) is 19.5 Å². The Balaban J connectivity index is 2.02. The van der Waals surface area contributed by atoms with Gasteiger partial charge in [0, 0.05) is 32.6 Å². The Kier molecular flexibility index (Phi) is 4.75. The fourth-order valence-electron chi connectivity index (χ4n) is 1.50. The van der Waals surface area contributed by atoms with Gasteiger partial charge in [0.05, 0.1) is 12.3 Å². The number of hydrogen-bond acceptors (Lipinski definition) is 5. The quantitative estimate of drug-likeness (QED) is 0.775. The van der Waals surface area contributed by atoms with Crippen LogP contribution in [0.4, 0.5) is 0 Å². The molecule has 0 bridgehead atoms. The molecule has 0 aliphatic carbocycles. The zero-order valence-corrected chi connectivity index (χ0v) is 10.3. The van der Waals surface area contributed by atoms with Crippen LogP contribution in [0, 0.1) is 0 Å². The summed E-state index contributed by atoms with van der Waals surface area (Å²) >= 11 is 0. The molecule has 5 nitrogen and oxygen atoms in total. The van der Waals surface area contributed by atoms with Crippen LogP contribution in [-0.4, -0.2) is 35.2 Å². The fourth-order valence-corrected chi connectivity index (χ4v) is 1.50. The third-order valence-corrected chi connectivity index (χ3v) is 2.40. The molecule has 2 heterocycles. The van der Waals surface area contributed by atoms with Gasteiger partial charge in [-0.05, 0) is 18.2 Å². The minimum atomic E-state index is 0.654. The first kappa shape index (κ1) is 12.6. The van der Waals surface area contributed by atoms with E-state index in [2.05, 4.69) is 20.3 Å². The Bertz CT molecular complexity index is 475. The lowest BCUT2D eigenvalue weighted by Crippen LogP contribution is -2.19. The van der Waals surface area contributed by atoms with Crippen LogP contribution in [-0.2, 0) is 11.3 Å². The molecule has 18 heavy (non-hydrogen) atoms. The predicted octanol–water partition coefficient (Wildman–Crippen LogP) is 1.27. The van der Waals surface area contributed by atoms with Gasteiger partial charge in [-0.3, -0.25) is 4.98 Å². The summed E-state index contributed by atoms with van der Waals surface area (Å²) in [7, 11) is 1.69. The van der Waals surface area contributed by atoms with E-state index in [1.165, 1.54) is 0 Å². The first-order valence-electron chi connectivity index (χ1n) is 5.83. The molecule has 2 rings (SSSR count). The number of nitrogens with one attached hydrogen (secondary N) is 1. The summed E-state index contributed by atoms with van der Waals surface area (Å²) in [6, 6.07) is 7.60. The summed E-state index contributed by atoms with van der Waals surface area (Å²) in [5.74, 6) is 0.654. The molecule has 0 radical (unpaired) electrons. The van der Waals surface area contributed by atoms with Crippen LogP contribution in [0.3, 0.4) is 0 Å². The highest BCUT2D eigenvalue weighted by Gasteiger charge is 2.02. The predicted molar refractivity (Wildman–Crippen MR) is 68.8 cm³/mol. The Hall–Kier alpha value is -1.85. The summed E-state index contributed by atoms with van der Waals surface area (Å²) in [5.41, 5.74) is 1.73. The number of ether oxygens (including phenoxy) is 1. The van der Waals surface area contributed by atoms with E-state index in [0.29, 0.717) is 19.0 Å². The van der Waals surface area contributed by atoms with Crippen molar-refractivity contribution in [3.63, 3.8) is 0 Å². The number of nitrogens with zero attached hydrogens (tertiary/aromatic N) is 3. The Morgan fingerprint density at radius 3 is 2.89 bits per heavy atom. The highest BCUT2D eigenvalue weighted by molar-refractivity contribution is 5.47. The molecule has 0 atom stereocenters. The molecule has 5 heteroatoms. The van der Waals surface area contributed by atoms with Crippen molar-refractivity contribution in [1.82, 2.24) is 20.3 Å². The molecule has 2 aromatic heterocycles. The average Bonchev–Trinajstić information content (AvgIpc) is 2.45. The fraction of sp³-hybridized carbons (Fsp3) is 0.308. The molecular formula is C13H16N4O. The molecule has 1 N–H and O–H groups in total. The molecule has 0 saturated carbocycles. The van der Waals surface area contributed by atoms with Gasteiger partial charge >= 0.3 is 0 Å². The third kappa shape index (κ3) is 3.58. The van der Waals surface area contributed by atoms with Gasteiger partial charge < -0.3 is 10.1 Å². The van der Waals surface area contributed by atoms with Gasteiger partial charge in [0.15, 0.2) is 5.82 Å². The second kappa shape index (κ2) is 6.78. The SMILES string of the molecule is COCCNCc1ccnc(-c2ccccn2)n1. The number of rotatable bonds is 6. The van der Waals surface area contributed by atoms with Crippen molar-refractivity contribution in [2.75, 3.05) is 20.3 Å². The van der Waals surface area contributed by atoms with Crippen molar-refractivity contribution in [2.24, 2.45) is 0 Å². The van der Waals surface area contributed by atoms with Gasteiger partial charge in [0.25, 0.3) is 0 Å². The van der Waals surface area contributed by atoms with Gasteiger partial charge in [-0.25, -0.2) is 9.97 Å². The zero-order valence-electron chi connectivity index (χ0n) is 10.3. The molecule has 0 aliphatic rings. The molecule has 0 unspecified atom stereocenters. The van der Waals surface area contributed by atoms with Crippen LogP contribution in [0.15, 0.2) is 36.7 Å². The van der Waals surface area contributed by atoms with Crippen molar-refractivity contribution < 1.29 is 4.74 Å². The van der Waals surface area contributed by atoms with Crippen LogP contribution in [0.1, 0.15) is 5.69 Å². The minimum absolute atomic E-state index is 0.654. The highest BCUT2D eigenvalue weighted by atomic mass is 16.5. The number of aromatic nitrogens is 3. The van der Waals surface area contributed by atoms with Gasteiger partial charge in [0.1, 0.15) is 5.69 Å². The molecule has 0 fully saturated rings. The van der Waals surface area contributed by atoms with Gasteiger partial charge in [-0.15, -0.1) is 0 Å². The standard InChI is InChI=1S/C13H16N4O/c1-18-9-8-14-10-11-5-7-16-13(17-11)12-4-2-3-6-15-12/h2-7,14H,8-10H2,1H3. The lowest BCUT2D eigenvalue weighted by molar-refractivity contribution is 0.199. The Morgan fingerprint density at radius 1 is 1.17 bits per heavy atom. The summed E-state index contributed by atoms with van der Waals surface area (Å²) in [5, 5.41) is 3.25. The topological polar surface area (TPSA) is 59.9 Å². The Labute approximate surface area is 106 Å². The maximum atomic E-state index is 4.97. The lowest BCUT2D eigenvalue weighted by atomic mass is 10.3. The molecule has 0 spiro atoms. The first-order valence-corrected chi connectivity index (χ1v) is 5.83. The molecule has 0 saturated heterocycles. The summed E-state index contributed by atoms with van der Waals surface area (Å²) < 4.78 is 4.97. The number of methoxy groups -OCH3 is 1. The van der Waals surface area contributed by atoms with E-state index in [1.807, 2.05) is 24.3 Å². The zero-order chi connectivity index (χ0) is 12.6. The van der Waals surface area contributed by atoms with Crippen LogP contribution < -0.4 is 5.32 Å². The van der Waals surface area contributed by atoms with Crippen molar-refractivity contribution in [2.45, 2.75) is 6.54 Å². The van der Waals surface area contributed by atoms with Crippen molar-refractivity contribution in [3.05, 3.63) is 42.4 Å². The van der Waals surface area contributed by atoms with E-state index in [9.17, 15) is 0 Å². The smallest absolute Gasteiger partial charge is 0.178 e. The number of hydrogen-bond donors (Lipinski definition) is 1. The maximum absolute atomic E-state index is 4.97. The monoisotopic (exact) mass is 244 g/mol. The Morgan fingerprint density at radius 2 is 2.11 bits per heavy atom. The van der Waals surface area contributed by atoms with Crippen LogP contribution >= 0.6 is 0 Å². The van der Waals surface area contributed by atoms with Crippen LogP contribution in [0.2, 0.25) is 0 Å². The van der Waals surface area contributed by atoms with E-state index in [-0.39, 0.29) is 0 Å². The van der Waals surface area contributed by atoms with E-state index in [4.69, 9.17) is 4.74 Å². The largest absolute Gasteiger partial charge is 0.383 e. The maximum Gasteiger partial charge on any atom is 0.178 e. The summed E-state index contributed by atoms with van der Waals surface area (Å²) in [4.78, 5) is 12.9. The van der Waals surface area contributed by atoms with Gasteiger partial charge in [-0.1, -0.05) is 6.07 Å². The first-order chi connectivity index (χ1) is 8.90. The van der Waals surface area contributed by atoms with Gasteiger partial charge in [0.2, 0.25) is 0 Å². The minimum Gasteiger partial charge on any atom is -0.383 e. The van der Waals surface area contributed by atoms with Crippen molar-refractivity contribution >= 4 is 0 Å². The number of pyridine rings is 1. The third-order valence-electron chi connectivity index (χ3n) is 2.40. The van der Waals surface area contributed by atoms with Crippen molar-refractivity contribution in [3.8, 4) is 11.5 Å². The lowest BCUT2D eigenvalue weighted by Gasteiger charge is -2.05. The van der Waals surface area contributed by atoms with Crippen molar-refractivity contribution in [1.29, 1.82) is 0 Å². The molecule has 0 amide bonds. The molecular weight excluding hydrogens is 228 g/mol. The molecule has 0 aromatic carbocycles. The van der Waals surface area contributed by atoms with E-state index < -0.39 is 0 Å². The molecule has 94 valence electrons.